The second-order valence-electron chi connectivity index (χ2n) is 6.70. The van der Waals surface area contributed by atoms with E-state index in [0.717, 1.165) is 12.6 Å². The van der Waals surface area contributed by atoms with E-state index in [1.807, 2.05) is 0 Å². The maximum Gasteiger partial charge on any atom is 0.0449 e. The average Bonchev–Trinajstić information content (AvgIpc) is 2.82. The lowest BCUT2D eigenvalue weighted by Gasteiger charge is -2.29. The van der Waals surface area contributed by atoms with E-state index in [4.69, 9.17) is 0 Å². The van der Waals surface area contributed by atoms with Gasteiger partial charge in [-0.1, -0.05) is 23.8 Å². The molecular weight excluding hydrogens is 258 g/mol. The van der Waals surface area contributed by atoms with E-state index < -0.39 is 0 Å². The Morgan fingerprint density at radius 3 is 2.71 bits per heavy atom. The number of likely N-dealkylation sites (N-methyl/N-ethyl adjacent to an activating group) is 3. The van der Waals surface area contributed by atoms with E-state index in [9.17, 15) is 0 Å². The molecule has 2 unspecified atom stereocenters. The number of hydrogen-bond acceptors (Lipinski definition) is 3. The predicted molar refractivity (Wildman–Crippen MR) is 90.9 cm³/mol. The first-order chi connectivity index (χ1) is 10.0. The minimum absolute atomic E-state index is 0.405. The van der Waals surface area contributed by atoms with Gasteiger partial charge in [-0.2, -0.15) is 0 Å². The molecule has 1 aliphatic rings. The molecule has 1 aliphatic heterocycles. The van der Waals surface area contributed by atoms with Crippen molar-refractivity contribution in [3.63, 3.8) is 0 Å². The minimum Gasteiger partial charge on any atom is -0.312 e. The fraction of sp³-hybridized carbons (Fsp3) is 0.667. The summed E-state index contributed by atoms with van der Waals surface area (Å²) in [6, 6.07) is 7.91. The number of likely N-dealkylation sites (tertiary alicyclic amines) is 1. The van der Waals surface area contributed by atoms with Crippen LogP contribution >= 0.6 is 0 Å². The summed E-state index contributed by atoms with van der Waals surface area (Å²) in [7, 11) is 6.57. The molecule has 118 valence electrons. The van der Waals surface area contributed by atoms with Gasteiger partial charge in [0.25, 0.3) is 0 Å². The number of benzene rings is 1. The third-order valence-corrected chi connectivity index (χ3v) is 4.84. The van der Waals surface area contributed by atoms with Gasteiger partial charge < -0.3 is 15.1 Å². The molecule has 1 heterocycles. The lowest BCUT2D eigenvalue weighted by atomic mass is 9.99. The number of nitrogens with zero attached hydrogens (tertiary/aromatic N) is 2. The highest BCUT2D eigenvalue weighted by Gasteiger charge is 2.23. The van der Waals surface area contributed by atoms with Gasteiger partial charge in [0.2, 0.25) is 0 Å². The van der Waals surface area contributed by atoms with Crippen molar-refractivity contribution < 1.29 is 0 Å². The molecular formula is C18H31N3. The molecule has 0 spiro atoms. The average molecular weight is 289 g/mol. The van der Waals surface area contributed by atoms with Crippen molar-refractivity contribution >= 4 is 0 Å². The first-order valence-corrected chi connectivity index (χ1v) is 8.14. The maximum atomic E-state index is 3.49. The Bertz CT molecular complexity index is 458. The van der Waals surface area contributed by atoms with E-state index in [2.05, 4.69) is 68.3 Å². The molecule has 1 aromatic carbocycles. The maximum absolute atomic E-state index is 3.49. The molecule has 0 radical (unpaired) electrons. The van der Waals surface area contributed by atoms with Crippen LogP contribution < -0.4 is 5.32 Å². The molecule has 0 aliphatic carbocycles. The predicted octanol–water partition coefficient (Wildman–Crippen LogP) is 2.59. The van der Waals surface area contributed by atoms with E-state index >= 15 is 0 Å². The SMILES string of the molecule is CNC(CN(C)CC1CCCN1C)c1ccc(C)cc1C. The van der Waals surface area contributed by atoms with Crippen molar-refractivity contribution in [3.8, 4) is 0 Å². The van der Waals surface area contributed by atoms with Gasteiger partial charge in [-0.15, -0.1) is 0 Å². The van der Waals surface area contributed by atoms with Gasteiger partial charge in [0.1, 0.15) is 0 Å². The summed E-state index contributed by atoms with van der Waals surface area (Å²) in [6.07, 6.45) is 2.69. The van der Waals surface area contributed by atoms with E-state index in [1.54, 1.807) is 0 Å². The largest absolute Gasteiger partial charge is 0.312 e. The van der Waals surface area contributed by atoms with Crippen LogP contribution in [0.15, 0.2) is 18.2 Å². The first-order valence-electron chi connectivity index (χ1n) is 8.14. The molecule has 0 amide bonds. The summed E-state index contributed by atoms with van der Waals surface area (Å²) in [6.45, 7) is 7.86. The molecule has 1 saturated heterocycles. The molecule has 0 aromatic heterocycles. The Balaban J connectivity index is 1.97. The first kappa shape index (κ1) is 16.5. The normalized spacial score (nSPS) is 21.1. The van der Waals surface area contributed by atoms with Crippen LogP contribution in [-0.2, 0) is 0 Å². The van der Waals surface area contributed by atoms with E-state index in [1.165, 1.54) is 42.6 Å². The Morgan fingerprint density at radius 1 is 1.38 bits per heavy atom. The molecule has 1 fully saturated rings. The fourth-order valence-corrected chi connectivity index (χ4v) is 3.52. The van der Waals surface area contributed by atoms with Crippen molar-refractivity contribution in [2.45, 2.75) is 38.8 Å². The summed E-state index contributed by atoms with van der Waals surface area (Å²) < 4.78 is 0. The quantitative estimate of drug-likeness (QED) is 0.868. The Hall–Kier alpha value is -0.900. The summed E-state index contributed by atoms with van der Waals surface area (Å²) in [5.41, 5.74) is 4.16. The van der Waals surface area contributed by atoms with Gasteiger partial charge in [0, 0.05) is 25.2 Å². The smallest absolute Gasteiger partial charge is 0.0449 e. The van der Waals surface area contributed by atoms with Crippen LogP contribution in [0.3, 0.4) is 0 Å². The van der Waals surface area contributed by atoms with E-state index in [0.29, 0.717) is 6.04 Å². The number of aryl methyl sites for hydroxylation is 2. The van der Waals surface area contributed by atoms with Crippen molar-refractivity contribution in [1.82, 2.24) is 15.1 Å². The third-order valence-electron chi connectivity index (χ3n) is 4.84. The zero-order valence-electron chi connectivity index (χ0n) is 14.3. The summed E-state index contributed by atoms with van der Waals surface area (Å²) in [4.78, 5) is 4.98. The van der Waals surface area contributed by atoms with Crippen molar-refractivity contribution in [1.29, 1.82) is 0 Å². The molecule has 1 aromatic rings. The molecule has 21 heavy (non-hydrogen) atoms. The Morgan fingerprint density at radius 2 is 2.14 bits per heavy atom. The zero-order valence-corrected chi connectivity index (χ0v) is 14.3. The van der Waals surface area contributed by atoms with Crippen molar-refractivity contribution in [2.24, 2.45) is 0 Å². The van der Waals surface area contributed by atoms with E-state index in [-0.39, 0.29) is 0 Å². The number of nitrogens with one attached hydrogen (secondary N) is 1. The molecule has 0 saturated carbocycles. The van der Waals surface area contributed by atoms with Crippen molar-refractivity contribution in [2.75, 3.05) is 40.8 Å². The van der Waals surface area contributed by atoms with Crippen LogP contribution in [0.2, 0.25) is 0 Å². The summed E-state index contributed by atoms with van der Waals surface area (Å²) in [5.74, 6) is 0. The molecule has 3 nitrogen and oxygen atoms in total. The summed E-state index contributed by atoms with van der Waals surface area (Å²) in [5, 5.41) is 3.49. The molecule has 1 N–H and O–H groups in total. The van der Waals surface area contributed by atoms with Crippen molar-refractivity contribution in [3.05, 3.63) is 34.9 Å². The van der Waals surface area contributed by atoms with Crippen LogP contribution in [0, 0.1) is 13.8 Å². The van der Waals surface area contributed by atoms with Gasteiger partial charge in [0.05, 0.1) is 0 Å². The highest BCUT2D eigenvalue weighted by Crippen LogP contribution is 2.21. The molecule has 2 rings (SSSR count). The van der Waals surface area contributed by atoms with Gasteiger partial charge in [-0.3, -0.25) is 0 Å². The zero-order chi connectivity index (χ0) is 15.4. The van der Waals surface area contributed by atoms with Crippen LogP contribution in [-0.4, -0.2) is 56.6 Å². The second-order valence-corrected chi connectivity index (χ2v) is 6.70. The lowest BCUT2D eigenvalue weighted by Crippen LogP contribution is -2.40. The Kier molecular flexibility index (Phi) is 5.80. The topological polar surface area (TPSA) is 18.5 Å². The second kappa shape index (κ2) is 7.39. The highest BCUT2D eigenvalue weighted by atomic mass is 15.2. The fourth-order valence-electron chi connectivity index (χ4n) is 3.52. The third kappa shape index (κ3) is 4.29. The van der Waals surface area contributed by atoms with Crippen LogP contribution in [0.5, 0.6) is 0 Å². The van der Waals surface area contributed by atoms with Gasteiger partial charge in [0.15, 0.2) is 0 Å². The van der Waals surface area contributed by atoms with Crippen LogP contribution in [0.4, 0.5) is 0 Å². The minimum atomic E-state index is 0.405. The van der Waals surface area contributed by atoms with Crippen LogP contribution in [0.1, 0.15) is 35.6 Å². The van der Waals surface area contributed by atoms with Gasteiger partial charge >= 0.3 is 0 Å². The monoisotopic (exact) mass is 289 g/mol. The highest BCUT2D eigenvalue weighted by molar-refractivity contribution is 5.33. The molecule has 2 atom stereocenters. The standard InChI is InChI=1S/C18H31N3/c1-14-8-9-17(15(2)11-14)18(19-3)13-20(4)12-16-7-6-10-21(16)5/h8-9,11,16,18-19H,6-7,10,12-13H2,1-5H3. The Labute approximate surface area is 130 Å². The van der Waals surface area contributed by atoms with Crippen LogP contribution in [0.25, 0.3) is 0 Å². The lowest BCUT2D eigenvalue weighted by molar-refractivity contribution is 0.208. The number of rotatable bonds is 6. The number of hydrogen-bond donors (Lipinski definition) is 1. The molecule has 3 heteroatoms. The summed E-state index contributed by atoms with van der Waals surface area (Å²) >= 11 is 0. The van der Waals surface area contributed by atoms with Gasteiger partial charge in [-0.05, 0) is 65.5 Å². The van der Waals surface area contributed by atoms with Gasteiger partial charge in [-0.25, -0.2) is 0 Å². The molecule has 0 bridgehead atoms.